The van der Waals surface area contributed by atoms with Crippen LogP contribution in [0.2, 0.25) is 0 Å². The highest BCUT2D eigenvalue weighted by atomic mass is 31.2. The topological polar surface area (TPSA) is 0 Å². The maximum atomic E-state index is 8.22. The second-order valence-electron chi connectivity index (χ2n) is 18.0. The Morgan fingerprint density at radius 1 is 0.246 bits per heavy atom. The van der Waals surface area contributed by atoms with Gasteiger partial charge in [-0.1, -0.05) is 146 Å². The summed E-state index contributed by atoms with van der Waals surface area (Å²) in [6.45, 7) is 0. The van der Waals surface area contributed by atoms with Gasteiger partial charge in [-0.05, 0) is 115 Å². The Morgan fingerprint density at radius 3 is 0.569 bits per heavy atom. The zero-order valence-electron chi connectivity index (χ0n) is 37.0. The van der Waals surface area contributed by atoms with Gasteiger partial charge in [-0.2, -0.15) is 0 Å². The summed E-state index contributed by atoms with van der Waals surface area (Å²) in [5.74, 6) is 0.840. The first-order chi connectivity index (χ1) is 31.7. The lowest BCUT2D eigenvalue weighted by molar-refractivity contribution is 0.365. The van der Waals surface area contributed by atoms with Gasteiger partial charge in [0.05, 0.1) is 67.1 Å². The van der Waals surface area contributed by atoms with Gasteiger partial charge in [0, 0.05) is 40.4 Å². The minimum atomic E-state index is -2.49. The molecule has 0 aliphatic heterocycles. The molecule has 65 heavy (non-hydrogen) atoms. The molecular weight excluding hydrogens is 852 g/mol. The molecule has 1 aliphatic carbocycles. The number of hydrogen-bond donors (Lipinski definition) is 0. The van der Waals surface area contributed by atoms with Gasteiger partial charge < -0.3 is 0 Å². The third-order valence-corrected chi connectivity index (χ3v) is 28.0. The fourth-order valence-corrected chi connectivity index (χ4v) is 24.1. The van der Waals surface area contributed by atoms with E-state index < -0.39 is 28.6 Å². The molecule has 310 valence electrons. The number of hydrogen-bond acceptors (Lipinski definition) is 0. The smallest absolute Gasteiger partial charge is 0.0620 e. The SMILES string of the molecule is [B][P+](CC1C[C@H](C[P+]([B])(c2ccccc2)c2ccccc2)[C@H](C[P+]([B])(c2ccccc2)c2ccccc2)[C@@H]1C[P+]([B])(c1ccccc1)c1ccccc1)(c1ccccc1)c1ccccc1. The predicted molar refractivity (Wildman–Crippen MR) is 297 cm³/mol. The Bertz CT molecular complexity index is 2350. The standard InChI is InChI=1S/C57H54B4P4/c58-62(48-25-9-1-10-26-48,49-27-11-2-12-28-49)42-46-41-47(43-63(59,50-29-13-3-14-30-50)51-31-15-4-16-32-51)57(45-65(61,54-37-21-7-22-38-54)55-39-23-8-24-40-55)56(46)44-64(60,52-33-17-5-18-34-52)53-35-19-6-20-36-53/h1-40,46-47,56-57H,41-45H2/q+4/t46-,47?,56+,57-/m1/s1. The highest BCUT2D eigenvalue weighted by Crippen LogP contribution is 2.67. The van der Waals surface area contributed by atoms with E-state index in [1.165, 1.54) is 42.4 Å². The summed E-state index contributed by atoms with van der Waals surface area (Å²) in [4.78, 5) is 0. The molecule has 0 nitrogen and oxygen atoms in total. The van der Waals surface area contributed by atoms with Gasteiger partial charge >= 0.3 is 30.3 Å². The zero-order valence-corrected chi connectivity index (χ0v) is 40.6. The molecule has 1 saturated carbocycles. The van der Waals surface area contributed by atoms with Gasteiger partial charge in [0.15, 0.2) is 0 Å². The van der Waals surface area contributed by atoms with E-state index in [1.807, 2.05) is 0 Å². The molecule has 8 aromatic carbocycles. The lowest BCUT2D eigenvalue weighted by Crippen LogP contribution is -2.38. The highest BCUT2D eigenvalue weighted by Gasteiger charge is 2.58. The fourth-order valence-electron chi connectivity index (χ4n) is 10.8. The van der Waals surface area contributed by atoms with Crippen molar-refractivity contribution in [1.29, 1.82) is 0 Å². The van der Waals surface area contributed by atoms with Gasteiger partial charge in [0.2, 0.25) is 0 Å². The molecular formula is C57H54B4P4+4. The van der Waals surface area contributed by atoms with Gasteiger partial charge in [-0.3, -0.25) is 0 Å². The van der Waals surface area contributed by atoms with Crippen LogP contribution in [0.15, 0.2) is 243 Å². The summed E-state index contributed by atoms with van der Waals surface area (Å²) >= 11 is 0. The van der Waals surface area contributed by atoms with Gasteiger partial charge in [-0.15, -0.1) is 0 Å². The molecule has 0 spiro atoms. The van der Waals surface area contributed by atoms with E-state index in [9.17, 15) is 0 Å². The first-order valence-corrected chi connectivity index (χ1v) is 31.0. The first-order valence-electron chi connectivity index (χ1n) is 22.8. The molecule has 1 aliphatic rings. The van der Waals surface area contributed by atoms with Crippen molar-refractivity contribution >= 4 is 101 Å². The molecule has 9 rings (SSSR count). The van der Waals surface area contributed by atoms with Crippen LogP contribution in [-0.2, 0) is 0 Å². The van der Waals surface area contributed by atoms with E-state index in [2.05, 4.69) is 243 Å². The molecule has 8 aromatic rings. The Hall–Kier alpha value is -4.26. The monoisotopic (exact) mass is 906 g/mol. The average Bonchev–Trinajstić information content (AvgIpc) is 3.67. The highest BCUT2D eigenvalue weighted by molar-refractivity contribution is 8.10. The maximum Gasteiger partial charge on any atom is 0.377 e. The fraction of sp³-hybridized carbons (Fsp3) is 0.158. The van der Waals surface area contributed by atoms with Crippen molar-refractivity contribution < 1.29 is 0 Å². The first kappa shape index (κ1) is 45.9. The van der Waals surface area contributed by atoms with Crippen LogP contribution in [0.5, 0.6) is 0 Å². The molecule has 0 bridgehead atoms. The Labute approximate surface area is 396 Å². The molecule has 8 heteroatoms. The van der Waals surface area contributed by atoms with E-state index >= 15 is 0 Å². The molecule has 0 saturated heterocycles. The van der Waals surface area contributed by atoms with E-state index in [-0.39, 0.29) is 23.7 Å². The van der Waals surface area contributed by atoms with Crippen molar-refractivity contribution in [3.05, 3.63) is 243 Å². The summed E-state index contributed by atoms with van der Waals surface area (Å²) in [6.07, 6.45) is 4.39. The maximum absolute atomic E-state index is 8.22. The molecule has 0 N–H and O–H groups in total. The summed E-state index contributed by atoms with van der Waals surface area (Å²) < 4.78 is 0. The lowest BCUT2D eigenvalue weighted by Gasteiger charge is -2.37. The van der Waals surface area contributed by atoms with Crippen molar-refractivity contribution in [2.24, 2.45) is 23.7 Å². The van der Waals surface area contributed by atoms with Crippen molar-refractivity contribution in [2.45, 2.75) is 6.42 Å². The van der Waals surface area contributed by atoms with Gasteiger partial charge in [0.25, 0.3) is 0 Å². The van der Waals surface area contributed by atoms with E-state index in [0.29, 0.717) is 0 Å². The van der Waals surface area contributed by atoms with Crippen LogP contribution in [0.1, 0.15) is 6.42 Å². The molecule has 0 heterocycles. The van der Waals surface area contributed by atoms with Crippen LogP contribution in [0, 0.1) is 23.7 Å². The van der Waals surface area contributed by atoms with Crippen LogP contribution in [0.4, 0.5) is 0 Å². The minimum absolute atomic E-state index is 0.185. The van der Waals surface area contributed by atoms with E-state index in [0.717, 1.165) is 31.1 Å². The Kier molecular flexibility index (Phi) is 14.3. The third kappa shape index (κ3) is 9.64. The van der Waals surface area contributed by atoms with Gasteiger partial charge in [-0.25, -0.2) is 0 Å². The molecule has 0 amide bonds. The number of benzene rings is 8. The van der Waals surface area contributed by atoms with Crippen molar-refractivity contribution in [3.8, 4) is 0 Å². The number of rotatable bonds is 16. The Balaban J connectivity index is 1.27. The molecule has 1 fully saturated rings. The van der Waals surface area contributed by atoms with E-state index in [4.69, 9.17) is 30.3 Å². The van der Waals surface area contributed by atoms with Crippen LogP contribution in [0.25, 0.3) is 0 Å². The van der Waals surface area contributed by atoms with E-state index in [1.54, 1.807) is 0 Å². The molecule has 8 radical (unpaired) electrons. The van der Waals surface area contributed by atoms with Crippen molar-refractivity contribution in [3.63, 3.8) is 0 Å². The predicted octanol–water partition coefficient (Wildman–Crippen LogP) is 9.86. The van der Waals surface area contributed by atoms with Crippen molar-refractivity contribution in [2.75, 3.05) is 24.6 Å². The summed E-state index contributed by atoms with van der Waals surface area (Å²) in [6, 6.07) is 87.5. The largest absolute Gasteiger partial charge is 0.377 e. The van der Waals surface area contributed by atoms with Crippen molar-refractivity contribution in [1.82, 2.24) is 0 Å². The van der Waals surface area contributed by atoms with Crippen LogP contribution >= 0.6 is 28.6 Å². The molecule has 1 unspecified atom stereocenters. The van der Waals surface area contributed by atoms with Crippen LogP contribution < -0.4 is 42.4 Å². The summed E-state index contributed by atoms with van der Waals surface area (Å²) in [5, 5.41) is 9.81. The second kappa shape index (κ2) is 20.3. The lowest BCUT2D eigenvalue weighted by atomic mass is 9.91. The average molecular weight is 906 g/mol. The summed E-state index contributed by atoms with van der Waals surface area (Å²) in [5.41, 5.74) is 0. The minimum Gasteiger partial charge on any atom is -0.0620 e. The normalized spacial score (nSPS) is 18.0. The van der Waals surface area contributed by atoms with Crippen LogP contribution in [-0.4, -0.2) is 54.9 Å². The van der Waals surface area contributed by atoms with Crippen LogP contribution in [0.3, 0.4) is 0 Å². The second-order valence-corrected chi connectivity index (χ2v) is 30.5. The zero-order chi connectivity index (χ0) is 44.7. The Morgan fingerprint density at radius 2 is 0.400 bits per heavy atom. The quantitative estimate of drug-likeness (QED) is 0.0670. The van der Waals surface area contributed by atoms with Gasteiger partial charge in [0.1, 0.15) is 0 Å². The molecule has 0 aromatic heterocycles. The third-order valence-electron chi connectivity index (χ3n) is 14.1. The summed E-state index contributed by atoms with van der Waals surface area (Å²) in [7, 11) is 22.9. The molecule has 4 atom stereocenters.